The van der Waals surface area contributed by atoms with Crippen molar-refractivity contribution in [1.82, 2.24) is 26.6 Å². The van der Waals surface area contributed by atoms with E-state index in [1.165, 1.54) is 5.56 Å². The summed E-state index contributed by atoms with van der Waals surface area (Å²) in [7, 11) is 0. The van der Waals surface area contributed by atoms with Crippen molar-refractivity contribution in [3.63, 3.8) is 0 Å². The molecule has 5 aromatic rings. The lowest BCUT2D eigenvalue weighted by molar-refractivity contribution is -0.150. The fourth-order valence-electron chi connectivity index (χ4n) is 17.8. The molecule has 0 bridgehead atoms. The van der Waals surface area contributed by atoms with Crippen LogP contribution in [0.15, 0.2) is 109 Å². The Balaban J connectivity index is 0.562. The molecular formula is C90H115N9O18. The Labute approximate surface area is 685 Å². The molecule has 2 saturated carbocycles. The molecule has 628 valence electrons. The number of nitrogens with zero attached hydrogens (tertiary/aromatic N) is 1. The van der Waals surface area contributed by atoms with Crippen LogP contribution < -0.4 is 47.9 Å². The number of Topliss-reactive ketones (excluding diaryl/α,β-unsaturated/α-hetero) is 2. The average molecular weight is 1610 g/mol. The van der Waals surface area contributed by atoms with Crippen molar-refractivity contribution in [3.05, 3.63) is 154 Å². The molecule has 0 saturated heterocycles. The molecule has 2 fully saturated rings. The molecule has 8 atom stereocenters. The van der Waals surface area contributed by atoms with Gasteiger partial charge in [0.1, 0.15) is 19.0 Å². The molecular weight excluding hydrogens is 1500 g/mol. The molecule has 0 unspecified atom stereocenters. The van der Waals surface area contributed by atoms with Crippen LogP contribution in [0.25, 0.3) is 0 Å². The highest BCUT2D eigenvalue weighted by atomic mass is 16.6. The van der Waals surface area contributed by atoms with Crippen molar-refractivity contribution in [3.8, 4) is 17.6 Å². The molecule has 4 aliphatic carbocycles. The third-order valence-electron chi connectivity index (χ3n) is 24.1. The zero-order valence-corrected chi connectivity index (χ0v) is 68.3. The van der Waals surface area contributed by atoms with Crippen molar-refractivity contribution in [2.75, 3.05) is 101 Å². The normalized spacial score (nSPS) is 20.6. The summed E-state index contributed by atoms with van der Waals surface area (Å²) in [6, 6.07) is 31.5. The molecule has 0 radical (unpaired) electrons. The van der Waals surface area contributed by atoms with E-state index in [0.29, 0.717) is 74.9 Å². The van der Waals surface area contributed by atoms with E-state index < -0.39 is 58.1 Å². The van der Waals surface area contributed by atoms with Gasteiger partial charge in [-0.25, -0.2) is 9.59 Å². The zero-order valence-electron chi connectivity index (χ0n) is 68.3. The number of anilines is 3. The highest BCUT2D eigenvalue weighted by molar-refractivity contribution is 6.02. The maximum Gasteiger partial charge on any atom is 0.407 e. The molecule has 5 aliphatic rings. The number of ether oxygens (including phenoxy) is 6. The predicted octanol–water partition coefficient (Wildman–Crippen LogP) is 10.00. The van der Waals surface area contributed by atoms with E-state index in [1.807, 2.05) is 92.7 Å². The largest absolute Gasteiger partial charge is 0.508 e. The molecule has 0 aromatic heterocycles. The van der Waals surface area contributed by atoms with E-state index in [9.17, 15) is 57.8 Å². The van der Waals surface area contributed by atoms with Gasteiger partial charge in [0.25, 0.3) is 0 Å². The summed E-state index contributed by atoms with van der Waals surface area (Å²) < 4.78 is 33.3. The molecule has 10 rings (SSSR count). The van der Waals surface area contributed by atoms with E-state index in [-0.39, 0.29) is 169 Å². The number of hydrogen-bond donors (Lipinski definition) is 9. The smallest absolute Gasteiger partial charge is 0.407 e. The number of ketones is 2. The first-order valence-electron chi connectivity index (χ1n) is 41.1. The second kappa shape index (κ2) is 42.2. The highest BCUT2D eigenvalue weighted by Gasteiger charge is 2.59. The summed E-state index contributed by atoms with van der Waals surface area (Å²) in [5.74, 6) is 2.45. The third kappa shape index (κ3) is 24.0. The summed E-state index contributed by atoms with van der Waals surface area (Å²) in [6.45, 7) is 13.9. The molecule has 1 aliphatic heterocycles. The molecule has 117 heavy (non-hydrogen) atoms. The van der Waals surface area contributed by atoms with Gasteiger partial charge in [0, 0.05) is 73.6 Å². The van der Waals surface area contributed by atoms with Gasteiger partial charge in [0.15, 0.2) is 11.6 Å². The number of benzene rings is 5. The van der Waals surface area contributed by atoms with Crippen molar-refractivity contribution in [1.29, 1.82) is 0 Å². The number of phenolic OH excluding ortho intramolecular Hbond substituents is 1. The number of rotatable bonds is 41. The van der Waals surface area contributed by atoms with Crippen LogP contribution in [-0.2, 0) is 108 Å². The van der Waals surface area contributed by atoms with E-state index in [1.54, 1.807) is 49.1 Å². The number of imide groups is 1. The van der Waals surface area contributed by atoms with Crippen molar-refractivity contribution in [2.24, 2.45) is 40.2 Å². The van der Waals surface area contributed by atoms with E-state index in [4.69, 9.17) is 34.2 Å². The van der Waals surface area contributed by atoms with Crippen LogP contribution in [0.2, 0.25) is 0 Å². The van der Waals surface area contributed by atoms with Crippen LogP contribution >= 0.6 is 0 Å². The number of amides is 10. The number of urea groups is 1. The van der Waals surface area contributed by atoms with Crippen molar-refractivity contribution < 1.29 is 86.3 Å². The summed E-state index contributed by atoms with van der Waals surface area (Å²) in [6.07, 6.45) is 7.22. The van der Waals surface area contributed by atoms with Crippen molar-refractivity contribution >= 4 is 82.1 Å². The number of alkyl carbamates (subject to hydrolysis) is 1. The number of primary amides is 1. The van der Waals surface area contributed by atoms with Crippen LogP contribution in [0.3, 0.4) is 0 Å². The highest BCUT2D eigenvalue weighted by Crippen LogP contribution is 2.60. The maximum atomic E-state index is 14.7. The van der Waals surface area contributed by atoms with Crippen LogP contribution in [0.4, 0.5) is 26.7 Å². The van der Waals surface area contributed by atoms with Gasteiger partial charge in [-0.05, 0) is 181 Å². The number of nitrogens with two attached hydrogens (primary N) is 1. The minimum atomic E-state index is -0.912. The van der Waals surface area contributed by atoms with E-state index in [2.05, 4.69) is 62.9 Å². The lowest BCUT2D eigenvalue weighted by Crippen LogP contribution is -2.60. The van der Waals surface area contributed by atoms with Gasteiger partial charge in [-0.2, -0.15) is 0 Å². The quantitative estimate of drug-likeness (QED) is 0.00997. The number of aromatic hydroxyl groups is 1. The number of carbonyl (C=O) groups excluding carboxylic acids is 11. The van der Waals surface area contributed by atoms with Crippen LogP contribution in [0, 0.1) is 46.3 Å². The number of carbonyl (C=O) groups is 11. The van der Waals surface area contributed by atoms with Crippen LogP contribution in [0.5, 0.6) is 5.75 Å². The summed E-state index contributed by atoms with van der Waals surface area (Å²) in [5, 5.41) is 29.8. The minimum absolute atomic E-state index is 0.00313. The van der Waals surface area contributed by atoms with Gasteiger partial charge < -0.3 is 76.1 Å². The lowest BCUT2D eigenvalue weighted by Gasteiger charge is -2.56. The zero-order chi connectivity index (χ0) is 83.7. The third-order valence-corrected chi connectivity index (χ3v) is 24.1. The number of fused-ring (bicyclic) bond motifs is 8. The Kier molecular flexibility index (Phi) is 32.1. The van der Waals surface area contributed by atoms with Gasteiger partial charge >= 0.3 is 12.1 Å². The Morgan fingerprint density at radius 2 is 1.16 bits per heavy atom. The molecule has 0 spiro atoms. The maximum absolute atomic E-state index is 14.7. The fraction of sp³-hybridized carbons (Fsp3) is 0.522. The van der Waals surface area contributed by atoms with Crippen LogP contribution in [-0.4, -0.2) is 162 Å². The van der Waals surface area contributed by atoms with Gasteiger partial charge in [-0.3, -0.25) is 48.5 Å². The Morgan fingerprint density at radius 3 is 1.82 bits per heavy atom. The summed E-state index contributed by atoms with van der Waals surface area (Å²) >= 11 is 0. The number of nitrogens with one attached hydrogen (secondary N) is 7. The second-order valence-corrected chi connectivity index (χ2v) is 32.6. The van der Waals surface area contributed by atoms with Gasteiger partial charge in [-0.15, -0.1) is 0 Å². The lowest BCUT2D eigenvalue weighted by atomic mass is 9.49. The summed E-state index contributed by atoms with van der Waals surface area (Å²) in [5.41, 5.74) is 12.3. The topological polar surface area (TPSA) is 377 Å². The molecule has 10 amide bonds. The van der Waals surface area contributed by atoms with Gasteiger partial charge in [-0.1, -0.05) is 121 Å². The number of phenols is 1. The Bertz CT molecular complexity index is 4440. The SMILES string of the molecule is CC(C)[C@H](NC(=O)CCOCCOCCOCCOCCNC(=O)CCC(=O)N1Cc2ccccc2C#Cc2ccccc21)C(=O)C[C@@H](CCCNC(N)=O)C(=O)Nc1ccc(COC(=O)NCC(=O)CCOCC(=O)Nc2ccc3c(c2)[C@@]2(C)CCC[C@](C)(C(=O)NC(=O)[C@@]4(C)CCC[C@]5(C)c6cc(O)ccc6CC[C@@H]45)[C@@H]2CC3)cc1. The second-order valence-electron chi connectivity index (χ2n) is 32.6. The molecule has 1 heterocycles. The predicted molar refractivity (Wildman–Crippen MR) is 439 cm³/mol. The Hall–Kier alpha value is -10.4. The first-order valence-corrected chi connectivity index (χ1v) is 41.1. The average Bonchev–Trinajstić information content (AvgIpc) is 0.721. The molecule has 27 nitrogen and oxygen atoms in total. The summed E-state index contributed by atoms with van der Waals surface area (Å²) in [4.78, 5) is 148. The minimum Gasteiger partial charge on any atom is -0.508 e. The fourth-order valence-corrected chi connectivity index (χ4v) is 17.8. The monoisotopic (exact) mass is 1610 g/mol. The number of para-hydroxylation sites is 1. The standard InChI is InChI=1S/C90H115N9O18/c1-59(2)81(97-78(104)36-44-112-46-48-114-50-51-115-49-47-113-45-42-92-77(103)33-34-80(106)99-56-66-16-8-7-14-61(66)21-22-64-15-9-10-18-73(64)99)74(102)52-65(17-11-41-93-85(91)110)82(107)96-67-27-19-60(20-28-67)57-117-86(111)94-55-70(101)35-43-116-58-79(105)95-68-29-23-62-25-31-75-87(3,71(62)53-68)37-12-39-89(75,5)83(108)98-84(109)90(6)40-13-38-88(4)72-54-69(100)30-24-63(72)26-32-76(88)90/h7-10,14-16,18-20,23-24,27-30,53-54,59,65,75-76,81,100H,11-13,17,25-26,31-52,55-58H2,1-6H3,(H,92,103)(H,94,111)(H,95,105)(H,96,107)(H,97,104)(H3,91,93,110)(H,98,108,109)/t65-,75-,76-,81+,87-,88-,89+,90+/m1/s1. The first-order chi connectivity index (χ1) is 56.2. The molecule has 5 aromatic carbocycles. The number of hydrogen-bond acceptors (Lipinski definition) is 18. The van der Waals surface area contributed by atoms with Crippen LogP contribution in [0.1, 0.15) is 182 Å². The van der Waals surface area contributed by atoms with E-state index >= 15 is 0 Å². The van der Waals surface area contributed by atoms with E-state index in [0.717, 1.165) is 84.7 Å². The van der Waals surface area contributed by atoms with Gasteiger partial charge in [0.05, 0.1) is 95.1 Å². The molecule has 27 heteroatoms. The first kappa shape index (κ1) is 89.0. The molecule has 10 N–H and O–H groups in total. The van der Waals surface area contributed by atoms with Gasteiger partial charge in [0.2, 0.25) is 41.4 Å². The number of aryl methyl sites for hydroxylation is 2. The van der Waals surface area contributed by atoms with Crippen molar-refractivity contribution in [2.45, 2.75) is 181 Å². The Morgan fingerprint density at radius 1 is 0.573 bits per heavy atom.